The van der Waals surface area contributed by atoms with Crippen molar-refractivity contribution in [2.75, 3.05) is 13.1 Å². The largest absolute Gasteiger partial charge is 0.324 e. The summed E-state index contributed by atoms with van der Waals surface area (Å²) in [5.41, 5.74) is 6.39. The maximum atomic E-state index is 6.35. The van der Waals surface area contributed by atoms with E-state index in [0.717, 1.165) is 19.0 Å². The molecular formula is C12H26N2. The third-order valence-electron chi connectivity index (χ3n) is 3.67. The molecule has 0 amide bonds. The number of rotatable bonds is 6. The van der Waals surface area contributed by atoms with Crippen LogP contribution in [0.3, 0.4) is 0 Å². The van der Waals surface area contributed by atoms with E-state index in [1.807, 2.05) is 0 Å². The van der Waals surface area contributed by atoms with Crippen LogP contribution in [0.5, 0.6) is 0 Å². The van der Waals surface area contributed by atoms with E-state index in [1.54, 1.807) is 0 Å². The quantitative estimate of drug-likeness (QED) is 0.709. The fourth-order valence-corrected chi connectivity index (χ4v) is 2.15. The second-order valence-corrected chi connectivity index (χ2v) is 5.10. The van der Waals surface area contributed by atoms with Crippen LogP contribution in [-0.4, -0.2) is 29.6 Å². The topological polar surface area (TPSA) is 29.3 Å². The summed E-state index contributed by atoms with van der Waals surface area (Å²) < 4.78 is 0. The van der Waals surface area contributed by atoms with Crippen LogP contribution in [0, 0.1) is 5.92 Å². The molecule has 0 heterocycles. The molecule has 14 heavy (non-hydrogen) atoms. The van der Waals surface area contributed by atoms with Gasteiger partial charge in [0.15, 0.2) is 0 Å². The van der Waals surface area contributed by atoms with Crippen LogP contribution in [0.15, 0.2) is 0 Å². The van der Waals surface area contributed by atoms with Gasteiger partial charge in [0.25, 0.3) is 0 Å². The Morgan fingerprint density at radius 3 is 2.36 bits per heavy atom. The van der Waals surface area contributed by atoms with Gasteiger partial charge in [-0.3, -0.25) is 4.90 Å². The minimum absolute atomic E-state index is 0.0411. The minimum atomic E-state index is 0.0411. The lowest BCUT2D eigenvalue weighted by Crippen LogP contribution is -2.51. The third-order valence-corrected chi connectivity index (χ3v) is 3.67. The highest BCUT2D eigenvalue weighted by molar-refractivity contribution is 4.97. The molecule has 0 radical (unpaired) electrons. The van der Waals surface area contributed by atoms with E-state index in [4.69, 9.17) is 5.73 Å². The van der Waals surface area contributed by atoms with Crippen molar-refractivity contribution in [3.8, 4) is 0 Å². The van der Waals surface area contributed by atoms with Crippen molar-refractivity contribution in [3.05, 3.63) is 0 Å². The van der Waals surface area contributed by atoms with Crippen LogP contribution in [0.2, 0.25) is 0 Å². The number of likely N-dealkylation sites (N-methyl/N-ethyl adjacent to an activating group) is 1. The Hall–Kier alpha value is -0.0800. The van der Waals surface area contributed by atoms with Crippen molar-refractivity contribution in [3.63, 3.8) is 0 Å². The lowest BCUT2D eigenvalue weighted by atomic mass is 9.95. The van der Waals surface area contributed by atoms with Crippen LogP contribution >= 0.6 is 0 Å². The first-order chi connectivity index (χ1) is 6.51. The molecule has 2 unspecified atom stereocenters. The summed E-state index contributed by atoms with van der Waals surface area (Å²) in [6.45, 7) is 11.2. The second-order valence-electron chi connectivity index (χ2n) is 5.10. The van der Waals surface area contributed by atoms with E-state index in [-0.39, 0.29) is 5.54 Å². The molecule has 2 heteroatoms. The molecule has 0 spiro atoms. The highest BCUT2D eigenvalue weighted by Gasteiger charge is 2.39. The number of hydrogen-bond donors (Lipinski definition) is 1. The first-order valence-corrected chi connectivity index (χ1v) is 6.04. The zero-order valence-electron chi connectivity index (χ0n) is 10.2. The van der Waals surface area contributed by atoms with Crippen molar-refractivity contribution in [1.82, 2.24) is 4.90 Å². The Balaban J connectivity index is 2.45. The van der Waals surface area contributed by atoms with Gasteiger partial charge in [-0.2, -0.15) is 0 Å². The third kappa shape index (κ3) is 2.96. The average Bonchev–Trinajstić information content (AvgIpc) is 2.96. The smallest absolute Gasteiger partial charge is 0.0283 e. The average molecular weight is 198 g/mol. The Morgan fingerprint density at radius 1 is 1.43 bits per heavy atom. The monoisotopic (exact) mass is 198 g/mol. The summed E-state index contributed by atoms with van der Waals surface area (Å²) in [6.07, 6.45) is 3.89. The van der Waals surface area contributed by atoms with Gasteiger partial charge in [-0.05, 0) is 45.6 Å². The van der Waals surface area contributed by atoms with E-state index in [2.05, 4.69) is 32.6 Å². The molecule has 1 aliphatic rings. The molecule has 2 nitrogen and oxygen atoms in total. The van der Waals surface area contributed by atoms with Gasteiger partial charge in [0.1, 0.15) is 0 Å². The van der Waals surface area contributed by atoms with Gasteiger partial charge in [0, 0.05) is 18.1 Å². The van der Waals surface area contributed by atoms with E-state index in [1.165, 1.54) is 19.3 Å². The molecule has 0 saturated heterocycles. The lowest BCUT2D eigenvalue weighted by molar-refractivity contribution is 0.161. The van der Waals surface area contributed by atoms with Gasteiger partial charge in [0.2, 0.25) is 0 Å². The second kappa shape index (κ2) is 4.63. The van der Waals surface area contributed by atoms with Crippen LogP contribution in [0.4, 0.5) is 0 Å². The first kappa shape index (κ1) is 12.0. The number of nitrogens with two attached hydrogens (primary N) is 1. The summed E-state index contributed by atoms with van der Waals surface area (Å²) >= 11 is 0. The molecule has 1 fully saturated rings. The maximum absolute atomic E-state index is 6.35. The minimum Gasteiger partial charge on any atom is -0.324 e. The summed E-state index contributed by atoms with van der Waals surface area (Å²) in [5.74, 6) is 0.778. The van der Waals surface area contributed by atoms with E-state index in [0.29, 0.717) is 6.04 Å². The Kier molecular flexibility index (Phi) is 3.96. The predicted octanol–water partition coefficient (Wildman–Crippen LogP) is 2.23. The van der Waals surface area contributed by atoms with Gasteiger partial charge in [-0.1, -0.05) is 13.8 Å². The van der Waals surface area contributed by atoms with Crippen LogP contribution < -0.4 is 5.73 Å². The lowest BCUT2D eigenvalue weighted by Gasteiger charge is -2.35. The standard InChI is InChI=1S/C12H26N2/c1-5-10(3)14(6-2)9-12(4,13)11-7-8-11/h10-11H,5-9,13H2,1-4H3. The molecule has 0 aromatic carbocycles. The zero-order chi connectivity index (χ0) is 10.8. The summed E-state index contributed by atoms with van der Waals surface area (Å²) in [6, 6.07) is 0.668. The maximum Gasteiger partial charge on any atom is 0.0283 e. The van der Waals surface area contributed by atoms with Gasteiger partial charge < -0.3 is 5.73 Å². The molecule has 2 N–H and O–H groups in total. The van der Waals surface area contributed by atoms with Gasteiger partial charge in [0.05, 0.1) is 0 Å². The van der Waals surface area contributed by atoms with E-state index < -0.39 is 0 Å². The van der Waals surface area contributed by atoms with Crippen molar-refractivity contribution in [2.24, 2.45) is 11.7 Å². The molecule has 0 aliphatic heterocycles. The normalized spacial score (nSPS) is 23.6. The molecule has 0 aromatic heterocycles. The van der Waals surface area contributed by atoms with Crippen LogP contribution in [0.25, 0.3) is 0 Å². The number of hydrogen-bond acceptors (Lipinski definition) is 2. The molecular weight excluding hydrogens is 172 g/mol. The first-order valence-electron chi connectivity index (χ1n) is 6.04. The van der Waals surface area contributed by atoms with E-state index >= 15 is 0 Å². The fourth-order valence-electron chi connectivity index (χ4n) is 2.15. The SMILES string of the molecule is CCC(C)N(CC)CC(C)(N)C1CC1. The van der Waals surface area contributed by atoms with Crippen LogP contribution in [-0.2, 0) is 0 Å². The molecule has 1 rings (SSSR count). The molecule has 84 valence electrons. The van der Waals surface area contributed by atoms with Crippen LogP contribution in [0.1, 0.15) is 47.0 Å². The zero-order valence-corrected chi connectivity index (χ0v) is 10.2. The molecule has 1 aliphatic carbocycles. The molecule has 0 bridgehead atoms. The van der Waals surface area contributed by atoms with Crippen molar-refractivity contribution < 1.29 is 0 Å². The van der Waals surface area contributed by atoms with Gasteiger partial charge >= 0.3 is 0 Å². The Bertz CT molecular complexity index is 173. The highest BCUT2D eigenvalue weighted by atomic mass is 15.2. The summed E-state index contributed by atoms with van der Waals surface area (Å²) in [5, 5.41) is 0. The van der Waals surface area contributed by atoms with Gasteiger partial charge in [-0.15, -0.1) is 0 Å². The Morgan fingerprint density at radius 2 is 2.00 bits per heavy atom. The highest BCUT2D eigenvalue weighted by Crippen LogP contribution is 2.38. The molecule has 1 saturated carbocycles. The Labute approximate surface area is 88.8 Å². The molecule has 0 aromatic rings. The van der Waals surface area contributed by atoms with Gasteiger partial charge in [-0.25, -0.2) is 0 Å². The fraction of sp³-hybridized carbons (Fsp3) is 1.00. The van der Waals surface area contributed by atoms with Crippen molar-refractivity contribution in [1.29, 1.82) is 0 Å². The number of nitrogens with zero attached hydrogens (tertiary/aromatic N) is 1. The van der Waals surface area contributed by atoms with Crippen molar-refractivity contribution >= 4 is 0 Å². The summed E-state index contributed by atoms with van der Waals surface area (Å²) in [7, 11) is 0. The molecule has 2 atom stereocenters. The van der Waals surface area contributed by atoms with Crippen molar-refractivity contribution in [2.45, 2.75) is 58.5 Å². The summed E-state index contributed by atoms with van der Waals surface area (Å²) in [4.78, 5) is 2.51. The van der Waals surface area contributed by atoms with E-state index in [9.17, 15) is 0 Å². The predicted molar refractivity (Wildman–Crippen MR) is 62.3 cm³/mol.